The van der Waals surface area contributed by atoms with Crippen LogP contribution in [0.25, 0.3) is 0 Å². The molecule has 0 radical (unpaired) electrons. The average molecular weight is 284 g/mol. The zero-order valence-corrected chi connectivity index (χ0v) is 11.8. The Morgan fingerprint density at radius 3 is 2.83 bits per heavy atom. The van der Waals surface area contributed by atoms with E-state index < -0.39 is 0 Å². The van der Waals surface area contributed by atoms with Crippen LogP contribution in [0.3, 0.4) is 0 Å². The molecular weight excluding hydrogens is 269 g/mol. The van der Waals surface area contributed by atoms with Gasteiger partial charge in [-0.1, -0.05) is 23.2 Å². The third kappa shape index (κ3) is 2.53. The molecule has 0 fully saturated rings. The second kappa shape index (κ2) is 5.74. The minimum atomic E-state index is -0.0638. The predicted molar refractivity (Wildman–Crippen MR) is 75.3 cm³/mol. The molecule has 0 amide bonds. The zero-order chi connectivity index (χ0) is 13.1. The van der Waals surface area contributed by atoms with Gasteiger partial charge in [-0.2, -0.15) is 0 Å². The Morgan fingerprint density at radius 1 is 1.39 bits per heavy atom. The topological polar surface area (TPSA) is 29.9 Å². The minimum Gasteiger partial charge on any atom is -0.334 e. The first-order chi connectivity index (χ1) is 8.67. The SMILES string of the molecule is CCn1ccnc1C(NC)c1cc(Cl)ccc1Cl. The van der Waals surface area contributed by atoms with Crippen molar-refractivity contribution < 1.29 is 0 Å². The van der Waals surface area contributed by atoms with E-state index in [1.807, 2.05) is 25.4 Å². The van der Waals surface area contributed by atoms with Gasteiger partial charge < -0.3 is 9.88 Å². The van der Waals surface area contributed by atoms with E-state index in [0.29, 0.717) is 10.0 Å². The van der Waals surface area contributed by atoms with E-state index in [1.165, 1.54) is 0 Å². The standard InChI is InChI=1S/C13H15Cl2N3/c1-3-18-7-6-17-13(18)12(16-2)10-8-9(14)4-5-11(10)15/h4-8,12,16H,3H2,1-2H3. The number of halogens is 2. The van der Waals surface area contributed by atoms with Crippen LogP contribution in [0.2, 0.25) is 10.0 Å². The number of nitrogens with one attached hydrogen (secondary N) is 1. The lowest BCUT2D eigenvalue weighted by Gasteiger charge is -2.19. The molecule has 0 bridgehead atoms. The van der Waals surface area contributed by atoms with Gasteiger partial charge in [-0.3, -0.25) is 0 Å². The summed E-state index contributed by atoms with van der Waals surface area (Å²) >= 11 is 12.3. The van der Waals surface area contributed by atoms with E-state index >= 15 is 0 Å². The number of aryl methyl sites for hydroxylation is 1. The highest BCUT2D eigenvalue weighted by atomic mass is 35.5. The van der Waals surface area contributed by atoms with Gasteiger partial charge in [-0.05, 0) is 37.7 Å². The van der Waals surface area contributed by atoms with Gasteiger partial charge in [-0.25, -0.2) is 4.98 Å². The molecule has 1 atom stereocenters. The van der Waals surface area contributed by atoms with Gasteiger partial charge in [0.05, 0.1) is 6.04 Å². The highest BCUT2D eigenvalue weighted by molar-refractivity contribution is 6.33. The fourth-order valence-electron chi connectivity index (χ4n) is 2.01. The number of aromatic nitrogens is 2. The number of benzene rings is 1. The van der Waals surface area contributed by atoms with Crippen LogP contribution in [0.5, 0.6) is 0 Å². The maximum absolute atomic E-state index is 6.25. The van der Waals surface area contributed by atoms with E-state index in [1.54, 1.807) is 12.3 Å². The van der Waals surface area contributed by atoms with Crippen LogP contribution in [0, 0.1) is 0 Å². The lowest BCUT2D eigenvalue weighted by atomic mass is 10.1. The number of hydrogen-bond donors (Lipinski definition) is 1. The monoisotopic (exact) mass is 283 g/mol. The molecule has 1 aromatic carbocycles. The van der Waals surface area contributed by atoms with Crippen LogP contribution in [-0.2, 0) is 6.54 Å². The third-order valence-corrected chi connectivity index (χ3v) is 3.48. The second-order valence-electron chi connectivity index (χ2n) is 3.96. The highest BCUT2D eigenvalue weighted by Gasteiger charge is 2.19. The summed E-state index contributed by atoms with van der Waals surface area (Å²) < 4.78 is 2.08. The Hall–Kier alpha value is -1.03. The van der Waals surface area contributed by atoms with Gasteiger partial charge in [0.1, 0.15) is 5.82 Å². The maximum Gasteiger partial charge on any atom is 0.130 e. The third-order valence-electron chi connectivity index (χ3n) is 2.90. The molecule has 0 saturated heterocycles. The summed E-state index contributed by atoms with van der Waals surface area (Å²) in [6.45, 7) is 2.95. The Labute approximate surface area is 117 Å². The Kier molecular flexibility index (Phi) is 4.27. The van der Waals surface area contributed by atoms with Crippen molar-refractivity contribution in [2.75, 3.05) is 7.05 Å². The van der Waals surface area contributed by atoms with Crippen molar-refractivity contribution in [2.45, 2.75) is 19.5 Å². The van der Waals surface area contributed by atoms with Crippen molar-refractivity contribution in [3.05, 3.63) is 52.0 Å². The van der Waals surface area contributed by atoms with Crippen molar-refractivity contribution in [1.29, 1.82) is 0 Å². The second-order valence-corrected chi connectivity index (χ2v) is 4.80. The molecule has 1 unspecified atom stereocenters. The van der Waals surface area contributed by atoms with E-state index in [4.69, 9.17) is 23.2 Å². The predicted octanol–water partition coefficient (Wildman–Crippen LogP) is 3.52. The number of rotatable bonds is 4. The molecule has 0 aliphatic rings. The normalized spacial score (nSPS) is 12.7. The molecule has 3 nitrogen and oxygen atoms in total. The summed E-state index contributed by atoms with van der Waals surface area (Å²) in [5.74, 6) is 0.934. The van der Waals surface area contributed by atoms with Crippen molar-refractivity contribution in [3.8, 4) is 0 Å². The molecule has 0 aliphatic heterocycles. The summed E-state index contributed by atoms with van der Waals surface area (Å²) in [5.41, 5.74) is 0.938. The van der Waals surface area contributed by atoms with Crippen LogP contribution in [0.15, 0.2) is 30.6 Å². The highest BCUT2D eigenvalue weighted by Crippen LogP contribution is 2.29. The number of nitrogens with zero attached hydrogens (tertiary/aromatic N) is 2. The molecule has 96 valence electrons. The van der Waals surface area contributed by atoms with Crippen LogP contribution in [-0.4, -0.2) is 16.6 Å². The summed E-state index contributed by atoms with van der Waals surface area (Å²) in [6.07, 6.45) is 3.75. The minimum absolute atomic E-state index is 0.0638. The largest absolute Gasteiger partial charge is 0.334 e. The quantitative estimate of drug-likeness (QED) is 0.931. The summed E-state index contributed by atoms with van der Waals surface area (Å²) in [6, 6.07) is 5.40. The van der Waals surface area contributed by atoms with Gasteiger partial charge in [-0.15, -0.1) is 0 Å². The zero-order valence-electron chi connectivity index (χ0n) is 10.3. The first-order valence-electron chi connectivity index (χ1n) is 5.80. The molecule has 2 aromatic rings. The number of hydrogen-bond acceptors (Lipinski definition) is 2. The van der Waals surface area contributed by atoms with Crippen molar-refractivity contribution in [2.24, 2.45) is 0 Å². The number of imidazole rings is 1. The lowest BCUT2D eigenvalue weighted by molar-refractivity contribution is 0.590. The lowest BCUT2D eigenvalue weighted by Crippen LogP contribution is -2.22. The average Bonchev–Trinajstić information content (AvgIpc) is 2.83. The molecule has 0 spiro atoms. The van der Waals surface area contributed by atoms with E-state index in [9.17, 15) is 0 Å². The fourth-order valence-corrected chi connectivity index (χ4v) is 2.42. The Morgan fingerprint density at radius 2 is 2.17 bits per heavy atom. The molecule has 1 heterocycles. The molecule has 18 heavy (non-hydrogen) atoms. The molecule has 1 aromatic heterocycles. The summed E-state index contributed by atoms with van der Waals surface area (Å²) in [4.78, 5) is 4.40. The molecule has 2 rings (SSSR count). The molecular formula is C13H15Cl2N3. The smallest absolute Gasteiger partial charge is 0.130 e. The fraction of sp³-hybridized carbons (Fsp3) is 0.308. The summed E-state index contributed by atoms with van der Waals surface area (Å²) in [7, 11) is 1.89. The molecule has 0 aliphatic carbocycles. The van der Waals surface area contributed by atoms with Gasteiger partial charge in [0, 0.05) is 29.0 Å². The van der Waals surface area contributed by atoms with E-state index in [-0.39, 0.29) is 6.04 Å². The first-order valence-corrected chi connectivity index (χ1v) is 6.56. The van der Waals surface area contributed by atoms with Crippen LogP contribution in [0.1, 0.15) is 24.4 Å². The van der Waals surface area contributed by atoms with Crippen LogP contribution >= 0.6 is 23.2 Å². The van der Waals surface area contributed by atoms with E-state index in [0.717, 1.165) is 17.9 Å². The molecule has 0 saturated carbocycles. The van der Waals surface area contributed by atoms with Crippen molar-refractivity contribution >= 4 is 23.2 Å². The summed E-state index contributed by atoms with van der Waals surface area (Å²) in [5, 5.41) is 4.59. The van der Waals surface area contributed by atoms with Gasteiger partial charge in [0.15, 0.2) is 0 Å². The van der Waals surface area contributed by atoms with Crippen molar-refractivity contribution in [3.63, 3.8) is 0 Å². The first kappa shape index (κ1) is 13.4. The van der Waals surface area contributed by atoms with Crippen molar-refractivity contribution in [1.82, 2.24) is 14.9 Å². The Balaban J connectivity index is 2.48. The Bertz CT molecular complexity index is 537. The maximum atomic E-state index is 6.25. The van der Waals surface area contributed by atoms with E-state index in [2.05, 4.69) is 21.8 Å². The van der Waals surface area contributed by atoms with Gasteiger partial charge in [0.25, 0.3) is 0 Å². The molecule has 5 heteroatoms. The molecule has 1 N–H and O–H groups in total. The van der Waals surface area contributed by atoms with Crippen LogP contribution in [0.4, 0.5) is 0 Å². The van der Waals surface area contributed by atoms with Crippen LogP contribution < -0.4 is 5.32 Å². The van der Waals surface area contributed by atoms with Gasteiger partial charge in [0.2, 0.25) is 0 Å². The van der Waals surface area contributed by atoms with Gasteiger partial charge >= 0.3 is 0 Å².